The fraction of sp³-hybridized carbons (Fsp3) is 0.200. The van der Waals surface area contributed by atoms with Crippen molar-refractivity contribution in [2.75, 3.05) is 19.1 Å². The van der Waals surface area contributed by atoms with Crippen LogP contribution in [-0.4, -0.2) is 24.1 Å². The highest BCUT2D eigenvalue weighted by atomic mass is 35.5. The summed E-state index contributed by atoms with van der Waals surface area (Å²) in [6, 6.07) is 8.36. The van der Waals surface area contributed by atoms with Gasteiger partial charge in [-0.05, 0) is 18.2 Å². The zero-order valence-electron chi connectivity index (χ0n) is 12.5. The molecule has 8 heteroatoms. The van der Waals surface area contributed by atoms with E-state index in [1.165, 1.54) is 6.07 Å². The Bertz CT molecular complexity index is 789. The highest BCUT2D eigenvalue weighted by molar-refractivity contribution is 6.30. The maximum absolute atomic E-state index is 10.8. The molecule has 1 aromatic carbocycles. The van der Waals surface area contributed by atoms with Crippen molar-refractivity contribution in [3.63, 3.8) is 0 Å². The second kappa shape index (κ2) is 6.94. The lowest BCUT2D eigenvalue weighted by Crippen LogP contribution is -2.19. The number of pyridine rings is 1. The molecule has 7 nitrogen and oxygen atoms in total. The number of nitrogens with zero attached hydrogens (tertiary/aromatic N) is 4. The molecule has 0 saturated carbocycles. The summed E-state index contributed by atoms with van der Waals surface area (Å²) in [5.41, 5.74) is 0.716. The molecule has 0 amide bonds. The quantitative estimate of drug-likeness (QED) is 0.616. The molecule has 0 aliphatic carbocycles. The van der Waals surface area contributed by atoms with Crippen molar-refractivity contribution in [1.29, 1.82) is 5.26 Å². The fourth-order valence-corrected chi connectivity index (χ4v) is 2.33. The van der Waals surface area contributed by atoms with Gasteiger partial charge in [-0.2, -0.15) is 5.26 Å². The van der Waals surface area contributed by atoms with Crippen LogP contribution in [0.2, 0.25) is 5.02 Å². The van der Waals surface area contributed by atoms with Gasteiger partial charge >= 0.3 is 0 Å². The number of halogens is 1. The van der Waals surface area contributed by atoms with E-state index in [0.29, 0.717) is 23.1 Å². The summed E-state index contributed by atoms with van der Waals surface area (Å²) in [5.74, 6) is 1.00. The largest absolute Gasteiger partial charge is 0.496 e. The molecule has 118 valence electrons. The Labute approximate surface area is 137 Å². The van der Waals surface area contributed by atoms with Gasteiger partial charge in [0.05, 0.1) is 12.0 Å². The van der Waals surface area contributed by atoms with E-state index in [9.17, 15) is 15.4 Å². The van der Waals surface area contributed by atoms with Crippen molar-refractivity contribution in [2.45, 2.75) is 6.54 Å². The Morgan fingerprint density at radius 1 is 1.48 bits per heavy atom. The van der Waals surface area contributed by atoms with E-state index >= 15 is 0 Å². The predicted molar refractivity (Wildman–Crippen MR) is 85.7 cm³/mol. The molecule has 0 unspecified atom stereocenters. The van der Waals surface area contributed by atoms with Crippen molar-refractivity contribution < 1.29 is 9.66 Å². The predicted octanol–water partition coefficient (Wildman–Crippen LogP) is 3.16. The lowest BCUT2D eigenvalue weighted by atomic mass is 10.1. The molecular weight excluding hydrogens is 320 g/mol. The number of methoxy groups -OCH3 is 1. The number of hydrogen-bond donors (Lipinski definition) is 0. The number of aromatic nitrogens is 1. The van der Waals surface area contributed by atoms with E-state index in [1.807, 2.05) is 6.07 Å². The van der Waals surface area contributed by atoms with Crippen molar-refractivity contribution in [3.05, 3.63) is 56.7 Å². The molecule has 0 radical (unpaired) electrons. The van der Waals surface area contributed by atoms with Gasteiger partial charge in [0.1, 0.15) is 29.4 Å². The summed E-state index contributed by atoms with van der Waals surface area (Å²) < 4.78 is 5.28. The third kappa shape index (κ3) is 3.67. The van der Waals surface area contributed by atoms with Gasteiger partial charge in [0, 0.05) is 30.2 Å². The molecule has 0 atom stereocenters. The first-order chi connectivity index (χ1) is 11.0. The Morgan fingerprint density at radius 2 is 2.22 bits per heavy atom. The number of hydrogen-bond acceptors (Lipinski definition) is 6. The summed E-state index contributed by atoms with van der Waals surface area (Å²) in [6.07, 6.45) is 1.13. The number of rotatable bonds is 5. The molecule has 0 aliphatic rings. The van der Waals surface area contributed by atoms with Gasteiger partial charge in [-0.25, -0.2) is 4.98 Å². The van der Waals surface area contributed by atoms with E-state index in [2.05, 4.69) is 4.98 Å². The SMILES string of the molecule is COc1ccc(Cl)cc1CN(C)c1ncc([N+](=O)[O-])cc1C#N. The van der Waals surface area contributed by atoms with Crippen LogP contribution in [0.4, 0.5) is 11.5 Å². The van der Waals surface area contributed by atoms with Crippen LogP contribution in [0.5, 0.6) is 5.75 Å². The van der Waals surface area contributed by atoms with Crippen molar-refractivity contribution >= 4 is 23.1 Å². The number of benzene rings is 1. The van der Waals surface area contributed by atoms with Gasteiger partial charge < -0.3 is 9.64 Å². The van der Waals surface area contributed by atoms with Crippen LogP contribution >= 0.6 is 11.6 Å². The highest BCUT2D eigenvalue weighted by Gasteiger charge is 2.16. The molecule has 0 saturated heterocycles. The summed E-state index contributed by atoms with van der Waals surface area (Å²) in [6.45, 7) is 0.378. The average molecular weight is 333 g/mol. The Morgan fingerprint density at radius 3 is 2.83 bits per heavy atom. The lowest BCUT2D eigenvalue weighted by Gasteiger charge is -2.20. The van der Waals surface area contributed by atoms with Gasteiger partial charge in [-0.1, -0.05) is 11.6 Å². The average Bonchev–Trinajstić information content (AvgIpc) is 2.54. The molecule has 0 bridgehead atoms. The first-order valence-corrected chi connectivity index (χ1v) is 6.92. The van der Waals surface area contributed by atoms with Crippen molar-refractivity contribution in [2.24, 2.45) is 0 Å². The van der Waals surface area contributed by atoms with Gasteiger partial charge in [0.2, 0.25) is 0 Å². The molecule has 2 rings (SSSR count). The van der Waals surface area contributed by atoms with Gasteiger partial charge in [-0.3, -0.25) is 10.1 Å². The van der Waals surface area contributed by atoms with Crippen LogP contribution in [0.1, 0.15) is 11.1 Å². The Balaban J connectivity index is 2.35. The van der Waals surface area contributed by atoms with E-state index in [1.54, 1.807) is 37.3 Å². The maximum Gasteiger partial charge on any atom is 0.289 e. The molecule has 1 aromatic heterocycles. The lowest BCUT2D eigenvalue weighted by molar-refractivity contribution is -0.385. The molecule has 2 aromatic rings. The van der Waals surface area contributed by atoms with E-state index in [-0.39, 0.29) is 11.3 Å². The summed E-state index contributed by atoms with van der Waals surface area (Å²) in [5, 5.41) is 20.5. The minimum absolute atomic E-state index is 0.127. The molecule has 0 aliphatic heterocycles. The maximum atomic E-state index is 10.8. The van der Waals surface area contributed by atoms with Crippen LogP contribution in [0.25, 0.3) is 0 Å². The minimum atomic E-state index is -0.586. The zero-order valence-corrected chi connectivity index (χ0v) is 13.2. The first kappa shape index (κ1) is 16.5. The van der Waals surface area contributed by atoms with E-state index in [4.69, 9.17) is 16.3 Å². The van der Waals surface area contributed by atoms with Gasteiger partial charge in [0.15, 0.2) is 0 Å². The number of ether oxygens (including phenoxy) is 1. The van der Waals surface area contributed by atoms with Crippen LogP contribution in [0, 0.1) is 21.4 Å². The Hall–Kier alpha value is -2.85. The molecule has 0 N–H and O–H groups in total. The molecule has 0 spiro atoms. The van der Waals surface area contributed by atoms with Crippen molar-refractivity contribution in [1.82, 2.24) is 4.98 Å². The van der Waals surface area contributed by atoms with E-state index < -0.39 is 4.92 Å². The highest BCUT2D eigenvalue weighted by Crippen LogP contribution is 2.27. The summed E-state index contributed by atoms with van der Waals surface area (Å²) in [4.78, 5) is 15.9. The van der Waals surface area contributed by atoms with E-state index in [0.717, 1.165) is 11.8 Å². The van der Waals surface area contributed by atoms with Gasteiger partial charge in [-0.15, -0.1) is 0 Å². The van der Waals surface area contributed by atoms with Crippen LogP contribution in [0.15, 0.2) is 30.5 Å². The molecule has 1 heterocycles. The summed E-state index contributed by atoms with van der Waals surface area (Å²) >= 11 is 6.00. The zero-order chi connectivity index (χ0) is 17.0. The smallest absolute Gasteiger partial charge is 0.289 e. The number of nitriles is 1. The summed E-state index contributed by atoms with van der Waals surface area (Å²) in [7, 11) is 3.28. The molecule has 23 heavy (non-hydrogen) atoms. The topological polar surface area (TPSA) is 92.3 Å². The second-order valence-electron chi connectivity index (χ2n) is 4.75. The normalized spacial score (nSPS) is 10.0. The van der Waals surface area contributed by atoms with Crippen molar-refractivity contribution in [3.8, 4) is 11.8 Å². The standard InChI is InChI=1S/C15H13ClN4O3/c1-19(9-11-5-12(16)3-4-14(11)23-2)15-10(7-17)6-13(8-18-15)20(21)22/h3-6,8H,9H2,1-2H3. The monoisotopic (exact) mass is 332 g/mol. The van der Waals surface area contributed by atoms with Crippen LogP contribution in [0.3, 0.4) is 0 Å². The second-order valence-corrected chi connectivity index (χ2v) is 5.18. The molecular formula is C15H13ClN4O3. The van der Waals surface area contributed by atoms with Crippen LogP contribution in [-0.2, 0) is 6.54 Å². The first-order valence-electron chi connectivity index (χ1n) is 6.54. The van der Waals surface area contributed by atoms with Crippen LogP contribution < -0.4 is 9.64 Å². The fourth-order valence-electron chi connectivity index (χ4n) is 2.13. The van der Waals surface area contributed by atoms with Gasteiger partial charge in [0.25, 0.3) is 5.69 Å². The Kier molecular flexibility index (Phi) is 4.98. The minimum Gasteiger partial charge on any atom is -0.496 e. The number of nitro groups is 1. The number of anilines is 1. The third-order valence-electron chi connectivity index (χ3n) is 3.20. The molecule has 0 fully saturated rings. The third-order valence-corrected chi connectivity index (χ3v) is 3.43.